The summed E-state index contributed by atoms with van der Waals surface area (Å²) in [5.74, 6) is 1.83. The van der Waals surface area contributed by atoms with Gasteiger partial charge in [-0.15, -0.1) is 10.2 Å². The minimum atomic E-state index is 0.164. The number of nitrogens with one attached hydrogen (secondary N) is 2. The quantitative estimate of drug-likeness (QED) is 0.483. The Kier molecular flexibility index (Phi) is 8.65. The first-order valence-corrected chi connectivity index (χ1v) is 11.0. The molecule has 0 amide bonds. The lowest BCUT2D eigenvalue weighted by Crippen LogP contribution is -2.45. The van der Waals surface area contributed by atoms with Gasteiger partial charge in [0.25, 0.3) is 0 Å². The number of aromatic nitrogens is 3. The predicted octanol–water partition coefficient (Wildman–Crippen LogP) is 1.86. The van der Waals surface area contributed by atoms with E-state index in [-0.39, 0.29) is 6.04 Å². The van der Waals surface area contributed by atoms with Crippen LogP contribution >= 0.6 is 0 Å². The van der Waals surface area contributed by atoms with E-state index in [1.807, 2.05) is 6.07 Å². The lowest BCUT2D eigenvalue weighted by molar-refractivity contribution is 0.0220. The van der Waals surface area contributed by atoms with Gasteiger partial charge in [-0.05, 0) is 19.4 Å². The number of guanidine groups is 1. The number of hydrogen-bond acceptors (Lipinski definition) is 5. The smallest absolute Gasteiger partial charge is 0.191 e. The molecule has 0 radical (unpaired) electrons. The highest BCUT2D eigenvalue weighted by atomic mass is 16.5. The van der Waals surface area contributed by atoms with Gasteiger partial charge in [0.1, 0.15) is 12.2 Å². The molecule has 2 atom stereocenters. The van der Waals surface area contributed by atoms with Crippen molar-refractivity contribution in [1.29, 1.82) is 0 Å². The molecule has 1 aliphatic heterocycles. The van der Waals surface area contributed by atoms with Gasteiger partial charge >= 0.3 is 0 Å². The molecule has 1 aromatic carbocycles. The molecule has 1 saturated heterocycles. The molecule has 1 fully saturated rings. The number of benzene rings is 1. The zero-order chi connectivity index (χ0) is 21.2. The zero-order valence-electron chi connectivity index (χ0n) is 18.4. The lowest BCUT2D eigenvalue weighted by atomic mass is 10.1. The maximum atomic E-state index is 5.47. The third-order valence-corrected chi connectivity index (χ3v) is 5.49. The van der Waals surface area contributed by atoms with E-state index in [9.17, 15) is 0 Å². The van der Waals surface area contributed by atoms with Crippen molar-refractivity contribution in [2.75, 3.05) is 39.4 Å². The molecule has 2 heterocycles. The van der Waals surface area contributed by atoms with Crippen LogP contribution in [0.1, 0.15) is 38.2 Å². The Morgan fingerprint density at radius 3 is 2.70 bits per heavy atom. The van der Waals surface area contributed by atoms with Crippen LogP contribution in [0.25, 0.3) is 0 Å². The van der Waals surface area contributed by atoms with Crippen LogP contribution in [0.3, 0.4) is 0 Å². The Morgan fingerprint density at radius 1 is 1.20 bits per heavy atom. The largest absolute Gasteiger partial charge is 0.379 e. The Hall–Kier alpha value is -2.45. The van der Waals surface area contributed by atoms with E-state index in [0.29, 0.717) is 6.04 Å². The van der Waals surface area contributed by atoms with E-state index in [0.717, 1.165) is 64.1 Å². The number of aliphatic imine (C=N–C) groups is 1. The van der Waals surface area contributed by atoms with Gasteiger partial charge in [-0.3, -0.25) is 9.89 Å². The third-order valence-electron chi connectivity index (χ3n) is 5.49. The molecule has 2 aromatic rings. The molecular formula is C22H35N7O. The van der Waals surface area contributed by atoms with Crippen LogP contribution < -0.4 is 10.6 Å². The second kappa shape index (κ2) is 11.7. The van der Waals surface area contributed by atoms with Crippen molar-refractivity contribution in [2.24, 2.45) is 4.99 Å². The molecule has 1 aromatic heterocycles. The van der Waals surface area contributed by atoms with Crippen LogP contribution in [0.15, 0.2) is 41.7 Å². The van der Waals surface area contributed by atoms with E-state index in [1.54, 1.807) is 6.33 Å². The van der Waals surface area contributed by atoms with Gasteiger partial charge in [0, 0.05) is 38.6 Å². The molecule has 0 saturated carbocycles. The molecule has 164 valence electrons. The maximum Gasteiger partial charge on any atom is 0.191 e. The summed E-state index contributed by atoms with van der Waals surface area (Å²) in [6.07, 6.45) is 2.67. The van der Waals surface area contributed by atoms with Crippen molar-refractivity contribution in [3.05, 3.63) is 48.0 Å². The standard InChI is InChI=1S/C22H35N7O/c1-4-21-27-25-17-29(21)11-10-23-22(26-19(3)20-8-6-5-7-9-20)24-16-18(2)28-12-14-30-15-13-28/h5-9,17-19H,4,10-16H2,1-3H3,(H2,23,24,26). The van der Waals surface area contributed by atoms with E-state index in [1.165, 1.54) is 5.56 Å². The minimum Gasteiger partial charge on any atom is -0.379 e. The first-order valence-electron chi connectivity index (χ1n) is 11.0. The summed E-state index contributed by atoms with van der Waals surface area (Å²) in [5, 5.41) is 15.2. The van der Waals surface area contributed by atoms with Crippen molar-refractivity contribution >= 4 is 5.96 Å². The Balaban J connectivity index is 1.60. The molecule has 0 aliphatic carbocycles. The first-order chi connectivity index (χ1) is 14.7. The van der Waals surface area contributed by atoms with Gasteiger partial charge in [-0.1, -0.05) is 37.3 Å². The summed E-state index contributed by atoms with van der Waals surface area (Å²) >= 11 is 0. The SMILES string of the molecule is CCc1nncn1CCNC(=NCC(C)N1CCOCC1)NC(C)c1ccccc1. The van der Waals surface area contributed by atoms with Crippen LogP contribution in [-0.4, -0.2) is 71.1 Å². The summed E-state index contributed by atoms with van der Waals surface area (Å²) in [4.78, 5) is 7.34. The summed E-state index contributed by atoms with van der Waals surface area (Å²) in [5.41, 5.74) is 1.24. The predicted molar refractivity (Wildman–Crippen MR) is 120 cm³/mol. The Labute approximate surface area is 179 Å². The third kappa shape index (κ3) is 6.53. The zero-order valence-corrected chi connectivity index (χ0v) is 18.4. The fraction of sp³-hybridized carbons (Fsp3) is 0.591. The van der Waals surface area contributed by atoms with E-state index >= 15 is 0 Å². The van der Waals surface area contributed by atoms with Gasteiger partial charge in [0.2, 0.25) is 0 Å². The van der Waals surface area contributed by atoms with E-state index in [4.69, 9.17) is 9.73 Å². The van der Waals surface area contributed by atoms with Gasteiger partial charge in [-0.25, -0.2) is 0 Å². The highest BCUT2D eigenvalue weighted by Crippen LogP contribution is 2.11. The van der Waals surface area contributed by atoms with Crippen molar-refractivity contribution < 1.29 is 4.74 Å². The van der Waals surface area contributed by atoms with Crippen molar-refractivity contribution in [3.8, 4) is 0 Å². The van der Waals surface area contributed by atoms with Gasteiger partial charge in [0.15, 0.2) is 5.96 Å². The van der Waals surface area contributed by atoms with Crippen molar-refractivity contribution in [1.82, 2.24) is 30.3 Å². The van der Waals surface area contributed by atoms with Gasteiger partial charge in [-0.2, -0.15) is 0 Å². The number of aryl methyl sites for hydroxylation is 1. The van der Waals surface area contributed by atoms with Crippen LogP contribution in [0.4, 0.5) is 0 Å². The molecule has 30 heavy (non-hydrogen) atoms. The van der Waals surface area contributed by atoms with Crippen LogP contribution in [-0.2, 0) is 17.7 Å². The molecule has 2 unspecified atom stereocenters. The molecule has 8 heteroatoms. The second-order valence-electron chi connectivity index (χ2n) is 7.68. The fourth-order valence-electron chi connectivity index (χ4n) is 3.57. The normalized spacial score (nSPS) is 17.5. The van der Waals surface area contributed by atoms with Crippen LogP contribution in [0.5, 0.6) is 0 Å². The Morgan fingerprint density at radius 2 is 1.97 bits per heavy atom. The van der Waals surface area contributed by atoms with Gasteiger partial charge < -0.3 is 19.9 Å². The lowest BCUT2D eigenvalue weighted by Gasteiger charge is -2.31. The molecular weight excluding hydrogens is 378 g/mol. The summed E-state index contributed by atoms with van der Waals surface area (Å²) < 4.78 is 7.55. The number of ether oxygens (including phenoxy) is 1. The maximum absolute atomic E-state index is 5.47. The second-order valence-corrected chi connectivity index (χ2v) is 7.68. The minimum absolute atomic E-state index is 0.164. The average molecular weight is 414 g/mol. The van der Waals surface area contributed by atoms with Crippen LogP contribution in [0.2, 0.25) is 0 Å². The molecule has 0 spiro atoms. The monoisotopic (exact) mass is 413 g/mol. The molecule has 8 nitrogen and oxygen atoms in total. The number of hydrogen-bond donors (Lipinski definition) is 2. The van der Waals surface area contributed by atoms with E-state index < -0.39 is 0 Å². The number of rotatable bonds is 9. The van der Waals surface area contributed by atoms with Crippen molar-refractivity contribution in [2.45, 2.75) is 45.8 Å². The molecule has 2 N–H and O–H groups in total. The van der Waals surface area contributed by atoms with E-state index in [2.05, 4.69) is 75.3 Å². The summed E-state index contributed by atoms with van der Waals surface area (Å²) in [6, 6.07) is 11.0. The van der Waals surface area contributed by atoms with Crippen molar-refractivity contribution in [3.63, 3.8) is 0 Å². The topological polar surface area (TPSA) is 79.6 Å². The van der Waals surface area contributed by atoms with Gasteiger partial charge in [0.05, 0.1) is 25.8 Å². The number of morpholine rings is 1. The van der Waals surface area contributed by atoms with Crippen LogP contribution in [0, 0.1) is 0 Å². The fourth-order valence-corrected chi connectivity index (χ4v) is 3.57. The summed E-state index contributed by atoms with van der Waals surface area (Å²) in [6.45, 7) is 12.3. The Bertz CT molecular complexity index is 771. The summed E-state index contributed by atoms with van der Waals surface area (Å²) in [7, 11) is 0. The highest BCUT2D eigenvalue weighted by Gasteiger charge is 2.17. The highest BCUT2D eigenvalue weighted by molar-refractivity contribution is 5.80. The average Bonchev–Trinajstić information content (AvgIpc) is 3.25. The molecule has 0 bridgehead atoms. The first kappa shape index (κ1) is 22.2. The molecule has 3 rings (SSSR count). The number of nitrogens with zero attached hydrogens (tertiary/aromatic N) is 5. The molecule has 1 aliphatic rings.